The first-order chi connectivity index (χ1) is 27.3. The van der Waals surface area contributed by atoms with Crippen molar-refractivity contribution in [1.82, 2.24) is 40.0 Å². The van der Waals surface area contributed by atoms with Crippen molar-refractivity contribution in [2.45, 2.75) is 78.0 Å². The van der Waals surface area contributed by atoms with Crippen molar-refractivity contribution < 1.29 is 19.1 Å². The van der Waals surface area contributed by atoms with Gasteiger partial charge in [-0.25, -0.2) is 24.7 Å². The number of carbonyl (C=O) groups is 3. The van der Waals surface area contributed by atoms with Crippen molar-refractivity contribution in [2.75, 3.05) is 49.1 Å². The van der Waals surface area contributed by atoms with Crippen LogP contribution in [-0.4, -0.2) is 98.7 Å². The van der Waals surface area contributed by atoms with Crippen LogP contribution in [0.4, 0.5) is 16.4 Å². The van der Waals surface area contributed by atoms with Gasteiger partial charge in [-0.05, 0) is 49.8 Å². The zero-order valence-corrected chi connectivity index (χ0v) is 33.5. The number of imide groups is 1. The molecule has 2 N–H and O–H groups in total. The van der Waals surface area contributed by atoms with Crippen LogP contribution in [0.1, 0.15) is 81.9 Å². The van der Waals surface area contributed by atoms with E-state index >= 15 is 0 Å². The van der Waals surface area contributed by atoms with E-state index in [-0.39, 0.29) is 51.9 Å². The molecule has 0 spiro atoms. The molecule has 4 aromatic rings. The summed E-state index contributed by atoms with van der Waals surface area (Å²) in [4.78, 5) is 61.9. The molecule has 0 bridgehead atoms. The summed E-state index contributed by atoms with van der Waals surface area (Å²) in [5.74, 6) is 2.09. The lowest BCUT2D eigenvalue weighted by Gasteiger charge is -2.63. The van der Waals surface area contributed by atoms with Gasteiger partial charge in [0.15, 0.2) is 5.69 Å². The molecule has 4 amide bonds. The Morgan fingerprint density at radius 3 is 2.40 bits per heavy atom. The number of urea groups is 1. The Labute approximate surface area is 336 Å². The number of halogens is 1. The standard InChI is InChI=1S/C41H48ClN11O4/c1-40(2)37(41(3,4)38(40)57-28-19-30(42)31(20-43)44-22-28)49-36(55)26-5-6-32(45-21-26)51-15-7-25(8-16-51)23-50-13-9-27(10-14-50)52-17-11-29-34(52)46-24-47-35(29)53-18-12-33(54)48-39(53)56/h5-6,11,17,19,21-22,24-25,27,37-38H,7-10,12-16,18,23H2,1-4H3,(H,49,55)(H,48,54,56)/t37-,38-. The first kappa shape index (κ1) is 38.5. The van der Waals surface area contributed by atoms with Crippen molar-refractivity contribution in [3.63, 3.8) is 0 Å². The topological polar surface area (TPSA) is 175 Å². The summed E-state index contributed by atoms with van der Waals surface area (Å²) in [6.07, 6.45) is 11.0. The number of piperidine rings is 2. The minimum atomic E-state index is -0.445. The molecule has 0 radical (unpaired) electrons. The average Bonchev–Trinajstić information content (AvgIpc) is 3.64. The highest BCUT2D eigenvalue weighted by atomic mass is 35.5. The SMILES string of the molecule is CC1(C)[C@H](NC(=O)c2ccc(N3CCC(CN4CCC(n5ccc6c(N7CCC(=O)NC7=O)ncnc65)CC4)CC3)nc2)C(C)(C)[C@H]1Oc1cnc(C#N)c(Cl)c1. The van der Waals surface area contributed by atoms with Crippen LogP contribution in [0.2, 0.25) is 5.02 Å². The Balaban J connectivity index is 0.800. The number of hydrogen-bond donors (Lipinski definition) is 2. The fourth-order valence-corrected chi connectivity index (χ4v) is 9.95. The van der Waals surface area contributed by atoms with Crippen LogP contribution in [0.25, 0.3) is 11.0 Å². The lowest BCUT2D eigenvalue weighted by Crippen LogP contribution is -2.74. The summed E-state index contributed by atoms with van der Waals surface area (Å²) in [5, 5.41) is 15.8. The number of rotatable bonds is 9. The highest BCUT2D eigenvalue weighted by Crippen LogP contribution is 2.55. The van der Waals surface area contributed by atoms with E-state index in [1.807, 2.05) is 24.3 Å². The van der Waals surface area contributed by atoms with E-state index < -0.39 is 6.03 Å². The molecular formula is C41H48ClN11O4. The van der Waals surface area contributed by atoms with Crippen LogP contribution in [0, 0.1) is 28.1 Å². The fourth-order valence-electron chi connectivity index (χ4n) is 9.75. The van der Waals surface area contributed by atoms with Gasteiger partial charge in [0, 0.05) is 87.1 Å². The maximum atomic E-state index is 13.5. The molecule has 3 aliphatic heterocycles. The molecular weight excluding hydrogens is 746 g/mol. The number of amides is 4. The van der Waals surface area contributed by atoms with E-state index in [1.165, 1.54) is 17.4 Å². The number of nitriles is 1. The molecule has 3 saturated heterocycles. The number of ether oxygens (including phenoxy) is 1. The predicted molar refractivity (Wildman–Crippen MR) is 214 cm³/mol. The molecule has 298 valence electrons. The molecule has 0 aromatic carbocycles. The molecule has 0 unspecified atom stereocenters. The molecule has 15 nitrogen and oxygen atoms in total. The summed E-state index contributed by atoms with van der Waals surface area (Å²) < 4.78 is 8.54. The number of likely N-dealkylation sites (tertiary alicyclic amines) is 1. The average molecular weight is 794 g/mol. The maximum absolute atomic E-state index is 13.5. The number of anilines is 2. The first-order valence-electron chi connectivity index (χ1n) is 19.7. The Morgan fingerprint density at radius 2 is 1.74 bits per heavy atom. The number of pyridine rings is 2. The number of aromatic nitrogens is 5. The van der Waals surface area contributed by atoms with Crippen LogP contribution in [0.5, 0.6) is 5.75 Å². The largest absolute Gasteiger partial charge is 0.487 e. The zero-order valence-electron chi connectivity index (χ0n) is 32.7. The minimum absolute atomic E-state index is 0.152. The van der Waals surface area contributed by atoms with Gasteiger partial charge in [0.1, 0.15) is 41.5 Å². The monoisotopic (exact) mass is 793 g/mol. The highest BCUT2D eigenvalue weighted by molar-refractivity contribution is 6.31. The van der Waals surface area contributed by atoms with Crippen molar-refractivity contribution in [2.24, 2.45) is 16.7 Å². The van der Waals surface area contributed by atoms with Crippen LogP contribution in [0.3, 0.4) is 0 Å². The lowest BCUT2D eigenvalue weighted by atomic mass is 9.49. The number of hydrogen-bond acceptors (Lipinski definition) is 11. The maximum Gasteiger partial charge on any atom is 0.329 e. The molecule has 8 rings (SSSR count). The number of carbonyl (C=O) groups excluding carboxylic acids is 3. The smallest absolute Gasteiger partial charge is 0.329 e. The Morgan fingerprint density at radius 1 is 0.982 bits per heavy atom. The zero-order chi connectivity index (χ0) is 40.1. The van der Waals surface area contributed by atoms with E-state index in [4.69, 9.17) is 26.6 Å². The second-order valence-corrected chi connectivity index (χ2v) is 17.3. The number of nitrogens with one attached hydrogen (secondary N) is 2. The van der Waals surface area contributed by atoms with Gasteiger partial charge in [0.2, 0.25) is 5.91 Å². The quantitative estimate of drug-likeness (QED) is 0.223. The predicted octanol–water partition coefficient (Wildman–Crippen LogP) is 5.36. The van der Waals surface area contributed by atoms with Crippen LogP contribution >= 0.6 is 11.6 Å². The Hall–Kier alpha value is -5.33. The third-order valence-corrected chi connectivity index (χ3v) is 12.8. The van der Waals surface area contributed by atoms with E-state index in [0.29, 0.717) is 35.6 Å². The van der Waals surface area contributed by atoms with E-state index in [2.05, 4.69) is 73.8 Å². The molecule has 7 heterocycles. The molecule has 1 saturated carbocycles. The Bertz CT molecular complexity index is 2200. The molecule has 0 atom stereocenters. The molecule has 1 aliphatic carbocycles. The van der Waals surface area contributed by atoms with Gasteiger partial charge in [-0.1, -0.05) is 39.3 Å². The third-order valence-electron chi connectivity index (χ3n) is 12.5. The minimum Gasteiger partial charge on any atom is -0.487 e. The van der Waals surface area contributed by atoms with Crippen molar-refractivity contribution in [1.29, 1.82) is 5.26 Å². The number of fused-ring (bicyclic) bond motifs is 1. The second-order valence-electron chi connectivity index (χ2n) is 16.9. The van der Waals surface area contributed by atoms with Gasteiger partial charge in [-0.2, -0.15) is 5.26 Å². The molecule has 57 heavy (non-hydrogen) atoms. The van der Waals surface area contributed by atoms with Crippen LogP contribution < -0.4 is 25.2 Å². The van der Waals surface area contributed by atoms with Gasteiger partial charge in [-0.15, -0.1) is 0 Å². The first-order valence-corrected chi connectivity index (χ1v) is 20.1. The van der Waals surface area contributed by atoms with Crippen molar-refractivity contribution in [3.8, 4) is 11.8 Å². The summed E-state index contributed by atoms with van der Waals surface area (Å²) in [6.45, 7) is 13.5. The summed E-state index contributed by atoms with van der Waals surface area (Å²) >= 11 is 6.19. The van der Waals surface area contributed by atoms with Crippen LogP contribution in [-0.2, 0) is 4.79 Å². The third kappa shape index (κ3) is 7.36. The molecule has 4 fully saturated rings. The van der Waals surface area contributed by atoms with Crippen LogP contribution in [0.15, 0.2) is 49.2 Å². The Kier molecular flexibility index (Phi) is 10.3. The summed E-state index contributed by atoms with van der Waals surface area (Å²) in [5.41, 5.74) is 0.714. The normalized spacial score (nSPS) is 22.8. The lowest BCUT2D eigenvalue weighted by molar-refractivity contribution is -0.164. The van der Waals surface area contributed by atoms with E-state index in [0.717, 1.165) is 75.3 Å². The molecule has 4 aromatic heterocycles. The van der Waals surface area contributed by atoms with E-state index in [9.17, 15) is 14.4 Å². The van der Waals surface area contributed by atoms with Gasteiger partial charge in [0.05, 0.1) is 22.2 Å². The fraction of sp³-hybridized carbons (Fsp3) is 0.512. The molecule has 4 aliphatic rings. The van der Waals surface area contributed by atoms with Gasteiger partial charge in [0.25, 0.3) is 5.91 Å². The number of nitrogens with zero attached hydrogens (tertiary/aromatic N) is 9. The van der Waals surface area contributed by atoms with Crippen molar-refractivity contribution >= 4 is 52.1 Å². The van der Waals surface area contributed by atoms with Gasteiger partial charge in [-0.3, -0.25) is 19.8 Å². The summed E-state index contributed by atoms with van der Waals surface area (Å²) in [6, 6.07) is 9.07. The van der Waals surface area contributed by atoms with Crippen molar-refractivity contribution in [3.05, 3.63) is 65.5 Å². The van der Waals surface area contributed by atoms with Gasteiger partial charge < -0.3 is 24.4 Å². The van der Waals surface area contributed by atoms with Gasteiger partial charge >= 0.3 is 6.03 Å². The molecule has 16 heteroatoms. The van der Waals surface area contributed by atoms with E-state index in [1.54, 1.807) is 12.3 Å². The summed E-state index contributed by atoms with van der Waals surface area (Å²) in [7, 11) is 0. The second kappa shape index (κ2) is 15.2. The highest BCUT2D eigenvalue weighted by Gasteiger charge is 2.64.